The first-order valence-electron chi connectivity index (χ1n) is 6.51. The van der Waals surface area contributed by atoms with E-state index in [1.54, 1.807) is 6.07 Å². The van der Waals surface area contributed by atoms with Crippen molar-refractivity contribution in [2.24, 2.45) is 0 Å². The second-order valence-electron chi connectivity index (χ2n) is 4.76. The van der Waals surface area contributed by atoms with Crippen LogP contribution >= 0.6 is 27.5 Å². The summed E-state index contributed by atoms with van der Waals surface area (Å²) >= 11 is 9.53. The van der Waals surface area contributed by atoms with E-state index >= 15 is 0 Å². The van der Waals surface area contributed by atoms with Gasteiger partial charge in [-0.15, -0.1) is 0 Å². The Kier molecular flexibility index (Phi) is 5.25. The van der Waals surface area contributed by atoms with Crippen molar-refractivity contribution in [1.82, 2.24) is 4.90 Å². The Morgan fingerprint density at radius 1 is 1.47 bits per heavy atom. The lowest BCUT2D eigenvalue weighted by atomic mass is 9.90. The molecule has 1 aromatic carbocycles. The van der Waals surface area contributed by atoms with E-state index in [9.17, 15) is 4.79 Å². The van der Waals surface area contributed by atoms with E-state index in [1.807, 2.05) is 17.0 Å². The molecule has 0 radical (unpaired) electrons. The van der Waals surface area contributed by atoms with Crippen LogP contribution in [0.25, 0.3) is 0 Å². The predicted octanol–water partition coefficient (Wildman–Crippen LogP) is 3.48. The number of hydrogen-bond donors (Lipinski definition) is 1. The summed E-state index contributed by atoms with van der Waals surface area (Å²) in [6.45, 7) is 0.686. The fourth-order valence-corrected chi connectivity index (χ4v) is 2.79. The molecule has 0 aromatic heterocycles. The van der Waals surface area contributed by atoms with Crippen LogP contribution in [0.2, 0.25) is 5.02 Å². The number of carbonyl (C=O) groups is 1. The number of nitrogens with zero attached hydrogens (tertiary/aromatic N) is 1. The van der Waals surface area contributed by atoms with Gasteiger partial charge in [0.15, 0.2) is 0 Å². The first-order valence-corrected chi connectivity index (χ1v) is 7.68. The Morgan fingerprint density at radius 2 is 2.21 bits per heavy atom. The van der Waals surface area contributed by atoms with Crippen molar-refractivity contribution < 1.29 is 9.90 Å². The van der Waals surface area contributed by atoms with Gasteiger partial charge in [-0.1, -0.05) is 17.7 Å². The lowest BCUT2D eigenvalue weighted by molar-refractivity contribution is 0.0562. The molecule has 1 aliphatic carbocycles. The van der Waals surface area contributed by atoms with Crippen LogP contribution < -0.4 is 0 Å². The number of amides is 1. The molecule has 19 heavy (non-hydrogen) atoms. The Labute approximate surface area is 126 Å². The molecule has 104 valence electrons. The zero-order chi connectivity index (χ0) is 13.8. The van der Waals surface area contributed by atoms with Gasteiger partial charge in [-0.2, -0.15) is 0 Å². The Bertz CT molecular complexity index is 463. The Balaban J connectivity index is 2.20. The van der Waals surface area contributed by atoms with E-state index < -0.39 is 0 Å². The van der Waals surface area contributed by atoms with Crippen LogP contribution in [0.1, 0.15) is 36.0 Å². The maximum absolute atomic E-state index is 12.6. The number of carbonyl (C=O) groups excluding carboxylic acids is 1. The van der Waals surface area contributed by atoms with E-state index in [1.165, 1.54) is 6.42 Å². The number of halogens is 2. The standard InChI is InChI=1S/C14H17BrClNO2/c15-12-7-2-6-11(13(12)16)14(19)17(8-3-9-18)10-4-1-5-10/h2,6-7,10,18H,1,3-5,8-9H2. The smallest absolute Gasteiger partial charge is 0.255 e. The molecular weight excluding hydrogens is 330 g/mol. The zero-order valence-corrected chi connectivity index (χ0v) is 13.0. The summed E-state index contributed by atoms with van der Waals surface area (Å²) in [5.41, 5.74) is 0.529. The molecule has 1 saturated carbocycles. The number of aliphatic hydroxyl groups excluding tert-OH is 1. The maximum atomic E-state index is 12.6. The van der Waals surface area contributed by atoms with Crippen molar-refractivity contribution in [3.8, 4) is 0 Å². The summed E-state index contributed by atoms with van der Waals surface area (Å²) in [6.07, 6.45) is 3.86. The maximum Gasteiger partial charge on any atom is 0.255 e. The van der Waals surface area contributed by atoms with Gasteiger partial charge in [-0.05, 0) is 53.7 Å². The molecule has 1 aliphatic rings. The van der Waals surface area contributed by atoms with Gasteiger partial charge >= 0.3 is 0 Å². The molecule has 5 heteroatoms. The summed E-state index contributed by atoms with van der Waals surface area (Å²) in [7, 11) is 0. The van der Waals surface area contributed by atoms with Crippen molar-refractivity contribution in [2.75, 3.05) is 13.2 Å². The van der Waals surface area contributed by atoms with Gasteiger partial charge in [0.2, 0.25) is 0 Å². The van der Waals surface area contributed by atoms with Crippen molar-refractivity contribution in [3.05, 3.63) is 33.3 Å². The molecule has 0 atom stereocenters. The summed E-state index contributed by atoms with van der Waals surface area (Å²) in [4.78, 5) is 14.5. The Hall–Kier alpha value is -0.580. The van der Waals surface area contributed by atoms with E-state index in [-0.39, 0.29) is 12.5 Å². The monoisotopic (exact) mass is 345 g/mol. The molecule has 1 fully saturated rings. The Morgan fingerprint density at radius 3 is 2.79 bits per heavy atom. The third-order valence-electron chi connectivity index (χ3n) is 3.52. The van der Waals surface area contributed by atoms with E-state index in [4.69, 9.17) is 16.7 Å². The van der Waals surface area contributed by atoms with Crippen LogP contribution in [-0.2, 0) is 0 Å². The molecule has 2 rings (SSSR count). The minimum absolute atomic E-state index is 0.0375. The molecule has 1 N–H and O–H groups in total. The van der Waals surface area contributed by atoms with Crippen LogP contribution in [0.5, 0.6) is 0 Å². The van der Waals surface area contributed by atoms with Crippen molar-refractivity contribution >= 4 is 33.4 Å². The van der Waals surface area contributed by atoms with E-state index in [2.05, 4.69) is 15.9 Å². The van der Waals surface area contributed by atoms with Crippen LogP contribution in [0.4, 0.5) is 0 Å². The van der Waals surface area contributed by atoms with E-state index in [0.717, 1.165) is 17.3 Å². The van der Waals surface area contributed by atoms with Gasteiger partial charge in [0, 0.05) is 23.7 Å². The third kappa shape index (κ3) is 3.30. The SMILES string of the molecule is O=C(c1cccc(Br)c1Cl)N(CCCO)C1CCC1. The summed E-state index contributed by atoms with van der Waals surface area (Å²) in [5.74, 6) is -0.0375. The van der Waals surface area contributed by atoms with Crippen molar-refractivity contribution in [1.29, 1.82) is 0 Å². The van der Waals surface area contributed by atoms with Gasteiger partial charge in [-0.3, -0.25) is 4.79 Å². The van der Waals surface area contributed by atoms with Crippen LogP contribution in [0, 0.1) is 0 Å². The summed E-state index contributed by atoms with van der Waals surface area (Å²) < 4.78 is 0.732. The molecule has 0 spiro atoms. The van der Waals surface area contributed by atoms with Gasteiger partial charge in [0.1, 0.15) is 0 Å². The minimum atomic E-state index is -0.0375. The number of rotatable bonds is 5. The first kappa shape index (κ1) is 14.8. The highest BCUT2D eigenvalue weighted by atomic mass is 79.9. The summed E-state index contributed by atoms with van der Waals surface area (Å²) in [6, 6.07) is 5.68. The second-order valence-corrected chi connectivity index (χ2v) is 5.99. The largest absolute Gasteiger partial charge is 0.396 e. The fraction of sp³-hybridized carbons (Fsp3) is 0.500. The van der Waals surface area contributed by atoms with E-state index in [0.29, 0.717) is 29.6 Å². The molecule has 0 bridgehead atoms. The molecule has 1 aromatic rings. The molecule has 0 heterocycles. The second kappa shape index (κ2) is 6.73. The van der Waals surface area contributed by atoms with Crippen molar-refractivity contribution in [3.63, 3.8) is 0 Å². The first-order chi connectivity index (χ1) is 9.15. The normalized spacial score (nSPS) is 15.1. The lowest BCUT2D eigenvalue weighted by Crippen LogP contribution is -2.45. The number of aliphatic hydroxyl groups is 1. The number of benzene rings is 1. The molecular formula is C14H17BrClNO2. The zero-order valence-electron chi connectivity index (χ0n) is 10.6. The van der Waals surface area contributed by atoms with Crippen LogP contribution in [0.3, 0.4) is 0 Å². The van der Waals surface area contributed by atoms with Crippen LogP contribution in [0.15, 0.2) is 22.7 Å². The van der Waals surface area contributed by atoms with Gasteiger partial charge < -0.3 is 10.0 Å². The topological polar surface area (TPSA) is 40.5 Å². The summed E-state index contributed by atoms with van der Waals surface area (Å²) in [5, 5.41) is 9.43. The highest BCUT2D eigenvalue weighted by molar-refractivity contribution is 9.10. The third-order valence-corrected chi connectivity index (χ3v) is 4.81. The lowest BCUT2D eigenvalue weighted by Gasteiger charge is -2.37. The quantitative estimate of drug-likeness (QED) is 0.887. The van der Waals surface area contributed by atoms with Gasteiger partial charge in [-0.25, -0.2) is 0 Å². The van der Waals surface area contributed by atoms with Gasteiger partial charge in [0.25, 0.3) is 5.91 Å². The average molecular weight is 347 g/mol. The molecule has 3 nitrogen and oxygen atoms in total. The van der Waals surface area contributed by atoms with Gasteiger partial charge in [0.05, 0.1) is 10.6 Å². The highest BCUT2D eigenvalue weighted by Crippen LogP contribution is 2.30. The molecule has 0 saturated heterocycles. The predicted molar refractivity (Wildman–Crippen MR) is 79.5 cm³/mol. The van der Waals surface area contributed by atoms with Crippen molar-refractivity contribution in [2.45, 2.75) is 31.7 Å². The van der Waals surface area contributed by atoms with Crippen LogP contribution in [-0.4, -0.2) is 35.1 Å². The number of hydrogen-bond acceptors (Lipinski definition) is 2. The molecule has 0 unspecified atom stereocenters. The fourth-order valence-electron chi connectivity index (χ4n) is 2.21. The highest BCUT2D eigenvalue weighted by Gasteiger charge is 2.30. The minimum Gasteiger partial charge on any atom is -0.396 e. The molecule has 0 aliphatic heterocycles. The molecule has 1 amide bonds. The average Bonchev–Trinajstić information content (AvgIpc) is 2.34.